The molecule has 22 heavy (non-hydrogen) atoms. The molecule has 5 heteroatoms. The van der Waals surface area contributed by atoms with Gasteiger partial charge in [0, 0.05) is 35.0 Å². The number of hydrogen-bond donors (Lipinski definition) is 0. The second-order valence-electron chi connectivity index (χ2n) is 5.83. The van der Waals surface area contributed by atoms with E-state index in [1.807, 2.05) is 24.7 Å². The van der Waals surface area contributed by atoms with Gasteiger partial charge in [0.1, 0.15) is 0 Å². The summed E-state index contributed by atoms with van der Waals surface area (Å²) < 4.78 is 2.53. The minimum absolute atomic E-state index is 0.337. The van der Waals surface area contributed by atoms with Crippen LogP contribution >= 0.6 is 35.1 Å². The Bertz CT molecular complexity index is 585. The third-order valence-corrected chi connectivity index (χ3v) is 8.13. The van der Waals surface area contributed by atoms with Crippen LogP contribution in [0.2, 0.25) is 5.02 Å². The molecule has 2 heterocycles. The zero-order valence-corrected chi connectivity index (χ0v) is 15.1. The zero-order chi connectivity index (χ0) is 15.4. The van der Waals surface area contributed by atoms with E-state index in [-0.39, 0.29) is 0 Å². The van der Waals surface area contributed by atoms with Gasteiger partial charge in [-0.3, -0.25) is 0 Å². The predicted octanol–water partition coefficient (Wildman–Crippen LogP) is 5.12. The van der Waals surface area contributed by atoms with Crippen molar-refractivity contribution in [1.29, 1.82) is 0 Å². The van der Waals surface area contributed by atoms with Crippen molar-refractivity contribution in [2.75, 3.05) is 5.75 Å². The van der Waals surface area contributed by atoms with Crippen molar-refractivity contribution < 1.29 is 0 Å². The van der Waals surface area contributed by atoms with E-state index in [4.69, 9.17) is 11.6 Å². The van der Waals surface area contributed by atoms with Crippen molar-refractivity contribution in [1.82, 2.24) is 9.55 Å². The Labute approximate surface area is 146 Å². The first-order chi connectivity index (χ1) is 10.7. The average molecular weight is 353 g/mol. The van der Waals surface area contributed by atoms with Gasteiger partial charge in [-0.2, -0.15) is 0 Å². The van der Waals surface area contributed by atoms with Gasteiger partial charge in [0.25, 0.3) is 0 Å². The lowest BCUT2D eigenvalue weighted by Gasteiger charge is -2.28. The van der Waals surface area contributed by atoms with Gasteiger partial charge in [-0.15, -0.1) is 23.5 Å². The topological polar surface area (TPSA) is 17.8 Å². The highest BCUT2D eigenvalue weighted by molar-refractivity contribution is 8.21. The highest BCUT2D eigenvalue weighted by Crippen LogP contribution is 2.53. The fourth-order valence-electron chi connectivity index (χ4n) is 2.80. The molecule has 1 aliphatic rings. The second kappa shape index (κ2) is 7.33. The predicted molar refractivity (Wildman–Crippen MR) is 98.9 cm³/mol. The molecule has 2 nitrogen and oxygen atoms in total. The summed E-state index contributed by atoms with van der Waals surface area (Å²) >= 11 is 10.3. The smallest absolute Gasteiger partial charge is 0.0945 e. The highest BCUT2D eigenvalue weighted by Gasteiger charge is 2.38. The SMILES string of the molecule is CC1CSC(CCc2ccc(Cl)cc2)(CCn2ccnc2)S1. The number of benzene rings is 1. The molecule has 1 aliphatic heterocycles. The molecule has 2 atom stereocenters. The molecular formula is C17H21ClN2S2. The Kier molecular flexibility index (Phi) is 5.42. The second-order valence-corrected chi connectivity index (χ2v) is 9.75. The lowest BCUT2D eigenvalue weighted by molar-refractivity contribution is 0.574. The van der Waals surface area contributed by atoms with E-state index in [1.165, 1.54) is 24.2 Å². The first kappa shape index (κ1) is 16.3. The Morgan fingerprint density at radius 3 is 2.77 bits per heavy atom. The number of aryl methyl sites for hydroxylation is 2. The number of aromatic nitrogens is 2. The van der Waals surface area contributed by atoms with Crippen molar-refractivity contribution in [2.45, 2.75) is 42.1 Å². The number of rotatable bonds is 6. The molecule has 118 valence electrons. The molecular weight excluding hydrogens is 332 g/mol. The Hall–Kier alpha value is -0.580. The van der Waals surface area contributed by atoms with Crippen molar-refractivity contribution in [3.8, 4) is 0 Å². The summed E-state index contributed by atoms with van der Waals surface area (Å²) in [5.74, 6) is 1.26. The third-order valence-electron chi connectivity index (χ3n) is 4.01. The Balaban J connectivity index is 1.62. The van der Waals surface area contributed by atoms with Crippen molar-refractivity contribution >= 4 is 35.1 Å². The van der Waals surface area contributed by atoms with E-state index >= 15 is 0 Å². The summed E-state index contributed by atoms with van der Waals surface area (Å²) in [6.07, 6.45) is 9.35. The van der Waals surface area contributed by atoms with E-state index in [0.717, 1.165) is 23.2 Å². The van der Waals surface area contributed by atoms with Gasteiger partial charge in [-0.25, -0.2) is 4.98 Å². The van der Waals surface area contributed by atoms with Crippen molar-refractivity contribution in [3.63, 3.8) is 0 Å². The van der Waals surface area contributed by atoms with Crippen LogP contribution in [0.3, 0.4) is 0 Å². The molecule has 0 saturated carbocycles. The normalized spacial score (nSPS) is 24.7. The van der Waals surface area contributed by atoms with E-state index in [2.05, 4.69) is 58.3 Å². The molecule has 1 aromatic carbocycles. The van der Waals surface area contributed by atoms with Gasteiger partial charge in [-0.1, -0.05) is 30.7 Å². The fraction of sp³-hybridized carbons (Fsp3) is 0.471. The van der Waals surface area contributed by atoms with E-state index in [9.17, 15) is 0 Å². The minimum atomic E-state index is 0.337. The molecule has 0 spiro atoms. The van der Waals surface area contributed by atoms with Crippen LogP contribution in [0.15, 0.2) is 43.0 Å². The fourth-order valence-corrected chi connectivity index (χ4v) is 6.55. The van der Waals surface area contributed by atoms with Gasteiger partial charge in [-0.05, 0) is 37.0 Å². The van der Waals surface area contributed by atoms with Gasteiger partial charge >= 0.3 is 0 Å². The van der Waals surface area contributed by atoms with Crippen molar-refractivity contribution in [2.24, 2.45) is 0 Å². The molecule has 2 aromatic rings. The lowest BCUT2D eigenvalue weighted by Crippen LogP contribution is -2.21. The largest absolute Gasteiger partial charge is 0.337 e. The lowest BCUT2D eigenvalue weighted by atomic mass is 10.1. The van der Waals surface area contributed by atoms with Crippen LogP contribution in [-0.2, 0) is 13.0 Å². The Morgan fingerprint density at radius 2 is 2.14 bits per heavy atom. The monoisotopic (exact) mass is 352 g/mol. The summed E-state index contributed by atoms with van der Waals surface area (Å²) in [6.45, 7) is 3.40. The molecule has 0 aliphatic carbocycles. The van der Waals surface area contributed by atoms with Gasteiger partial charge in [0.2, 0.25) is 0 Å². The van der Waals surface area contributed by atoms with Crippen LogP contribution in [-0.4, -0.2) is 24.6 Å². The number of thioether (sulfide) groups is 2. The Morgan fingerprint density at radius 1 is 1.32 bits per heavy atom. The molecule has 0 bridgehead atoms. The minimum Gasteiger partial charge on any atom is -0.337 e. The van der Waals surface area contributed by atoms with Crippen LogP contribution in [0.1, 0.15) is 25.3 Å². The maximum absolute atomic E-state index is 5.98. The van der Waals surface area contributed by atoms with E-state index in [0.29, 0.717) is 4.08 Å². The maximum atomic E-state index is 5.98. The summed E-state index contributed by atoms with van der Waals surface area (Å²) in [7, 11) is 0. The maximum Gasteiger partial charge on any atom is 0.0945 e. The molecule has 0 amide bonds. The zero-order valence-electron chi connectivity index (χ0n) is 12.7. The molecule has 0 N–H and O–H groups in total. The molecule has 0 radical (unpaired) electrons. The molecule has 1 fully saturated rings. The van der Waals surface area contributed by atoms with Gasteiger partial charge in [0.15, 0.2) is 0 Å². The van der Waals surface area contributed by atoms with E-state index in [1.54, 1.807) is 0 Å². The molecule has 3 rings (SSSR count). The van der Waals surface area contributed by atoms with Crippen LogP contribution in [0.5, 0.6) is 0 Å². The van der Waals surface area contributed by atoms with Crippen LogP contribution in [0.25, 0.3) is 0 Å². The first-order valence-corrected chi connectivity index (χ1v) is 9.91. The number of nitrogens with zero attached hydrogens (tertiary/aromatic N) is 2. The van der Waals surface area contributed by atoms with E-state index < -0.39 is 0 Å². The number of halogens is 1. The molecule has 2 unspecified atom stereocenters. The molecule has 1 aromatic heterocycles. The summed E-state index contributed by atoms with van der Waals surface area (Å²) in [5, 5.41) is 1.56. The summed E-state index contributed by atoms with van der Waals surface area (Å²) in [5.41, 5.74) is 1.38. The highest BCUT2D eigenvalue weighted by atomic mass is 35.5. The number of imidazole rings is 1. The van der Waals surface area contributed by atoms with Crippen molar-refractivity contribution in [3.05, 3.63) is 53.6 Å². The summed E-state index contributed by atoms with van der Waals surface area (Å²) in [4.78, 5) is 4.14. The number of hydrogen-bond acceptors (Lipinski definition) is 3. The average Bonchev–Trinajstić information content (AvgIpc) is 3.15. The van der Waals surface area contributed by atoms with Gasteiger partial charge in [0.05, 0.1) is 10.4 Å². The quantitative estimate of drug-likeness (QED) is 0.718. The van der Waals surface area contributed by atoms with Gasteiger partial charge < -0.3 is 4.57 Å². The third kappa shape index (κ3) is 4.24. The van der Waals surface area contributed by atoms with Crippen LogP contribution in [0.4, 0.5) is 0 Å². The first-order valence-electron chi connectivity index (χ1n) is 7.67. The van der Waals surface area contributed by atoms with Crippen LogP contribution < -0.4 is 0 Å². The summed E-state index contributed by atoms with van der Waals surface area (Å²) in [6, 6.07) is 8.29. The standard InChI is InChI=1S/C17H21ClN2S2/c1-14-12-21-17(22-14,8-10-20-11-9-19-13-20)7-6-15-2-4-16(18)5-3-15/h2-5,9,11,13-14H,6-8,10,12H2,1H3. The molecule has 1 saturated heterocycles. The van der Waals surface area contributed by atoms with Crippen LogP contribution in [0, 0.1) is 0 Å².